The summed E-state index contributed by atoms with van der Waals surface area (Å²) in [5.41, 5.74) is 10.7. The van der Waals surface area contributed by atoms with Crippen LogP contribution in [0.3, 0.4) is 0 Å². The van der Waals surface area contributed by atoms with E-state index in [2.05, 4.69) is 13.8 Å². The van der Waals surface area contributed by atoms with E-state index >= 15 is 0 Å². The molecule has 0 aromatic rings. The Morgan fingerprint density at radius 1 is 0.474 bits per heavy atom. The molecule has 0 aromatic carbocycles. The average Bonchev–Trinajstić information content (AvgIpc) is 2.39. The number of nitrogens with two attached hydrogens (primary N) is 2. The molecule has 0 heterocycles. The van der Waals surface area contributed by atoms with E-state index in [1.807, 2.05) is 0 Å². The zero-order chi connectivity index (χ0) is 13.9. The van der Waals surface area contributed by atoms with Gasteiger partial charge in [-0.05, 0) is 25.9 Å². The fourth-order valence-electron chi connectivity index (χ4n) is 1.85. The van der Waals surface area contributed by atoms with Crippen molar-refractivity contribution in [2.24, 2.45) is 11.5 Å². The summed E-state index contributed by atoms with van der Waals surface area (Å²) in [6.07, 6.45) is 16.1. The van der Waals surface area contributed by atoms with E-state index in [4.69, 9.17) is 11.5 Å². The molecule has 4 N–H and O–H groups in total. The monoisotopic (exact) mass is 294 g/mol. The summed E-state index contributed by atoms with van der Waals surface area (Å²) in [4.78, 5) is 0. The first kappa shape index (κ1) is 24.2. The van der Waals surface area contributed by atoms with Gasteiger partial charge in [-0.25, -0.2) is 0 Å². The van der Waals surface area contributed by atoms with Crippen LogP contribution in [-0.4, -0.2) is 13.1 Å². The van der Waals surface area contributed by atoms with E-state index in [1.165, 1.54) is 77.0 Å². The highest BCUT2D eigenvalue weighted by molar-refractivity contribution is 5.85. The van der Waals surface area contributed by atoms with Crippen molar-refractivity contribution in [1.82, 2.24) is 0 Å². The van der Waals surface area contributed by atoms with E-state index in [0.717, 1.165) is 13.1 Å². The minimum Gasteiger partial charge on any atom is -0.330 e. The Bertz CT molecular complexity index is 95.3. The Kier molecular flexibility index (Phi) is 34.1. The van der Waals surface area contributed by atoms with Crippen LogP contribution in [-0.2, 0) is 0 Å². The first-order chi connectivity index (χ1) is 8.83. The first-order valence-corrected chi connectivity index (χ1v) is 8.23. The van der Waals surface area contributed by atoms with Crippen molar-refractivity contribution in [3.05, 3.63) is 0 Å². The minimum absolute atomic E-state index is 0. The van der Waals surface area contributed by atoms with Crippen LogP contribution >= 0.6 is 12.4 Å². The number of rotatable bonds is 12. The molecule has 0 aromatic heterocycles. The van der Waals surface area contributed by atoms with Crippen LogP contribution in [0.2, 0.25) is 0 Å². The molecule has 0 radical (unpaired) electrons. The quantitative estimate of drug-likeness (QED) is 0.496. The summed E-state index contributed by atoms with van der Waals surface area (Å²) in [5.74, 6) is 0. The molecular weight excluding hydrogens is 256 g/mol. The van der Waals surface area contributed by atoms with Crippen LogP contribution in [0.1, 0.15) is 90.9 Å². The second-order valence-electron chi connectivity index (χ2n) is 5.11. The molecule has 0 bridgehead atoms. The van der Waals surface area contributed by atoms with Crippen molar-refractivity contribution in [1.29, 1.82) is 0 Å². The van der Waals surface area contributed by atoms with Crippen molar-refractivity contribution in [2.45, 2.75) is 90.9 Å². The van der Waals surface area contributed by atoms with Crippen LogP contribution in [0.15, 0.2) is 0 Å². The van der Waals surface area contributed by atoms with E-state index in [0.29, 0.717) is 0 Å². The Balaban J connectivity index is -0.000000256. The van der Waals surface area contributed by atoms with Crippen LogP contribution in [0, 0.1) is 0 Å². The van der Waals surface area contributed by atoms with E-state index in [1.54, 1.807) is 0 Å². The maximum Gasteiger partial charge on any atom is -0.00773 e. The summed E-state index contributed by atoms with van der Waals surface area (Å²) in [6.45, 7) is 6.21. The van der Waals surface area contributed by atoms with Gasteiger partial charge in [-0.3, -0.25) is 0 Å². The maximum absolute atomic E-state index is 5.34. The molecular formula is C16H39ClN2. The molecule has 120 valence electrons. The molecule has 0 rings (SSSR count). The Labute approximate surface area is 128 Å². The molecule has 0 spiro atoms. The van der Waals surface area contributed by atoms with Gasteiger partial charge in [0.2, 0.25) is 0 Å². The van der Waals surface area contributed by atoms with Gasteiger partial charge in [-0.2, -0.15) is 0 Å². The highest BCUT2D eigenvalue weighted by Crippen LogP contribution is 2.03. The van der Waals surface area contributed by atoms with Gasteiger partial charge >= 0.3 is 0 Å². The molecule has 0 amide bonds. The Morgan fingerprint density at radius 3 is 1.00 bits per heavy atom. The molecule has 2 nitrogen and oxygen atoms in total. The molecule has 0 fully saturated rings. The van der Waals surface area contributed by atoms with E-state index in [-0.39, 0.29) is 12.4 Å². The Hall–Kier alpha value is 0.210. The van der Waals surface area contributed by atoms with Crippen LogP contribution in [0.4, 0.5) is 0 Å². The lowest BCUT2D eigenvalue weighted by Crippen LogP contribution is -1.97. The number of halogens is 1. The molecule has 19 heavy (non-hydrogen) atoms. The predicted octanol–water partition coefficient (Wildman–Crippen LogP) is 5.03. The summed E-state index contributed by atoms with van der Waals surface area (Å²) in [5, 5.41) is 0. The third-order valence-electron chi connectivity index (χ3n) is 3.12. The average molecular weight is 295 g/mol. The first-order valence-electron chi connectivity index (χ1n) is 8.23. The number of hydrogen-bond donors (Lipinski definition) is 2. The largest absolute Gasteiger partial charge is 0.330 e. The molecule has 0 atom stereocenters. The summed E-state index contributed by atoms with van der Waals surface area (Å²) < 4.78 is 0. The maximum atomic E-state index is 5.34. The molecule has 3 heteroatoms. The van der Waals surface area contributed by atoms with Crippen LogP contribution in [0.25, 0.3) is 0 Å². The molecule has 0 aliphatic heterocycles. The van der Waals surface area contributed by atoms with Gasteiger partial charge in [0.15, 0.2) is 0 Å². The third-order valence-corrected chi connectivity index (χ3v) is 3.12. The van der Waals surface area contributed by atoms with Gasteiger partial charge < -0.3 is 11.5 Å². The predicted molar refractivity (Wildman–Crippen MR) is 92.1 cm³/mol. The second kappa shape index (κ2) is 26.7. The van der Waals surface area contributed by atoms with Gasteiger partial charge in [0.25, 0.3) is 0 Å². The molecule has 0 saturated carbocycles. The zero-order valence-electron chi connectivity index (χ0n) is 13.5. The highest BCUT2D eigenvalue weighted by atomic mass is 35.5. The van der Waals surface area contributed by atoms with Crippen molar-refractivity contribution in [3.8, 4) is 0 Å². The summed E-state index contributed by atoms with van der Waals surface area (Å²) in [7, 11) is 0. The lowest BCUT2D eigenvalue weighted by Gasteiger charge is -1.96. The fraction of sp³-hybridized carbons (Fsp3) is 1.00. The lowest BCUT2D eigenvalue weighted by molar-refractivity contribution is 0.612. The van der Waals surface area contributed by atoms with Gasteiger partial charge in [0, 0.05) is 0 Å². The van der Waals surface area contributed by atoms with Crippen molar-refractivity contribution in [3.63, 3.8) is 0 Å². The van der Waals surface area contributed by atoms with Crippen molar-refractivity contribution in [2.75, 3.05) is 13.1 Å². The summed E-state index contributed by atoms with van der Waals surface area (Å²) in [6, 6.07) is 0. The highest BCUT2D eigenvalue weighted by Gasteiger charge is 1.86. The molecule has 0 aliphatic rings. The van der Waals surface area contributed by atoms with Crippen LogP contribution < -0.4 is 11.5 Å². The Morgan fingerprint density at radius 2 is 0.737 bits per heavy atom. The zero-order valence-corrected chi connectivity index (χ0v) is 14.3. The van der Waals surface area contributed by atoms with Gasteiger partial charge in [-0.1, -0.05) is 78.1 Å². The van der Waals surface area contributed by atoms with E-state index < -0.39 is 0 Å². The number of hydrogen-bond acceptors (Lipinski definition) is 2. The van der Waals surface area contributed by atoms with Gasteiger partial charge in [0.05, 0.1) is 0 Å². The molecule has 0 saturated heterocycles. The van der Waals surface area contributed by atoms with Crippen molar-refractivity contribution >= 4 is 12.4 Å². The van der Waals surface area contributed by atoms with Gasteiger partial charge in [-0.15, -0.1) is 12.4 Å². The van der Waals surface area contributed by atoms with E-state index in [9.17, 15) is 0 Å². The lowest BCUT2D eigenvalue weighted by atomic mass is 10.1. The SMILES string of the molecule is CCCCCCCCN.CCCCCCCCN.Cl. The van der Waals surface area contributed by atoms with Crippen LogP contribution in [0.5, 0.6) is 0 Å². The summed E-state index contributed by atoms with van der Waals surface area (Å²) >= 11 is 0. The molecule has 0 unspecified atom stereocenters. The van der Waals surface area contributed by atoms with Gasteiger partial charge in [0.1, 0.15) is 0 Å². The third kappa shape index (κ3) is 32.1. The second-order valence-corrected chi connectivity index (χ2v) is 5.11. The smallest absolute Gasteiger partial charge is 0.00773 e. The topological polar surface area (TPSA) is 52.0 Å². The molecule has 0 aliphatic carbocycles. The van der Waals surface area contributed by atoms with Crippen molar-refractivity contribution < 1.29 is 0 Å². The minimum atomic E-state index is 0. The normalized spacial score (nSPS) is 9.47. The number of unbranched alkanes of at least 4 members (excludes halogenated alkanes) is 10. The standard InChI is InChI=1S/2C8H19N.ClH/c2*1-2-3-4-5-6-7-8-9;/h2*2-9H2,1H3;1H. The fourth-order valence-corrected chi connectivity index (χ4v) is 1.85.